The third-order valence-corrected chi connectivity index (χ3v) is 4.28. The van der Waals surface area contributed by atoms with Crippen molar-refractivity contribution in [3.05, 3.63) is 84.4 Å². The topological polar surface area (TPSA) is 61.5 Å². The molecule has 0 bridgehead atoms. The zero-order chi connectivity index (χ0) is 19.2. The van der Waals surface area contributed by atoms with Crippen LogP contribution < -0.4 is 9.47 Å². The number of fused-ring (bicyclic) bond motifs is 1. The van der Waals surface area contributed by atoms with Crippen molar-refractivity contribution in [2.75, 3.05) is 6.61 Å². The lowest BCUT2D eigenvalue weighted by Gasteiger charge is -2.13. The average Bonchev–Trinajstić information content (AvgIpc) is 3.25. The number of hydrogen-bond acceptors (Lipinski definition) is 5. The smallest absolute Gasteiger partial charge is 0.161 e. The molecular formula is C22H20N4O2. The average molecular weight is 372 g/mol. The van der Waals surface area contributed by atoms with Crippen LogP contribution in [0.3, 0.4) is 0 Å². The largest absolute Gasteiger partial charge is 0.490 e. The summed E-state index contributed by atoms with van der Waals surface area (Å²) in [4.78, 5) is 0. The van der Waals surface area contributed by atoms with Crippen LogP contribution in [0.2, 0.25) is 0 Å². The van der Waals surface area contributed by atoms with Crippen LogP contribution in [0, 0.1) is 0 Å². The van der Waals surface area contributed by atoms with E-state index < -0.39 is 0 Å². The van der Waals surface area contributed by atoms with Crippen molar-refractivity contribution in [1.29, 1.82) is 0 Å². The monoisotopic (exact) mass is 372 g/mol. The molecule has 0 saturated heterocycles. The van der Waals surface area contributed by atoms with Gasteiger partial charge >= 0.3 is 0 Å². The van der Waals surface area contributed by atoms with E-state index in [2.05, 4.69) is 45.6 Å². The summed E-state index contributed by atoms with van der Waals surface area (Å²) in [5.74, 6) is 1.40. The van der Waals surface area contributed by atoms with Gasteiger partial charge in [-0.2, -0.15) is 5.10 Å². The molecule has 4 rings (SSSR count). The lowest BCUT2D eigenvalue weighted by Crippen LogP contribution is -2.01. The van der Waals surface area contributed by atoms with E-state index in [1.54, 1.807) is 6.21 Å². The van der Waals surface area contributed by atoms with E-state index in [0.717, 1.165) is 11.1 Å². The maximum atomic E-state index is 6.09. The van der Waals surface area contributed by atoms with Gasteiger partial charge in [-0.3, -0.25) is 0 Å². The summed E-state index contributed by atoms with van der Waals surface area (Å²) in [6.07, 6.45) is 4.78. The molecule has 0 fully saturated rings. The molecule has 1 heterocycles. The zero-order valence-electron chi connectivity index (χ0n) is 15.5. The Morgan fingerprint density at radius 2 is 1.75 bits per heavy atom. The predicted molar refractivity (Wildman–Crippen MR) is 109 cm³/mol. The van der Waals surface area contributed by atoms with Gasteiger partial charge < -0.3 is 9.47 Å². The van der Waals surface area contributed by atoms with Crippen LogP contribution in [-0.2, 0) is 6.61 Å². The number of hydrogen-bond donors (Lipinski definition) is 0. The maximum absolute atomic E-state index is 6.09. The molecule has 0 atom stereocenters. The van der Waals surface area contributed by atoms with Crippen molar-refractivity contribution in [2.24, 2.45) is 5.10 Å². The van der Waals surface area contributed by atoms with Crippen molar-refractivity contribution in [3.8, 4) is 11.5 Å². The molecule has 6 nitrogen and oxygen atoms in total. The Labute approximate surface area is 163 Å². The quantitative estimate of drug-likeness (QED) is 0.454. The lowest BCUT2D eigenvalue weighted by molar-refractivity contribution is 0.270. The van der Waals surface area contributed by atoms with Gasteiger partial charge in [0.15, 0.2) is 11.5 Å². The molecule has 3 aromatic carbocycles. The summed E-state index contributed by atoms with van der Waals surface area (Å²) in [6, 6.07) is 20.3. The third-order valence-electron chi connectivity index (χ3n) is 4.28. The highest BCUT2D eigenvalue weighted by Gasteiger charge is 2.08. The summed E-state index contributed by atoms with van der Waals surface area (Å²) in [5.41, 5.74) is 2.04. The highest BCUT2D eigenvalue weighted by Crippen LogP contribution is 2.30. The Hall–Kier alpha value is -3.67. The minimum Gasteiger partial charge on any atom is -0.490 e. The first-order valence-electron chi connectivity index (χ1n) is 9.09. The van der Waals surface area contributed by atoms with E-state index in [-0.39, 0.29) is 0 Å². The highest BCUT2D eigenvalue weighted by atomic mass is 16.5. The molecular weight excluding hydrogens is 352 g/mol. The molecule has 0 saturated carbocycles. The molecule has 0 amide bonds. The maximum Gasteiger partial charge on any atom is 0.161 e. The number of benzene rings is 3. The second-order valence-corrected chi connectivity index (χ2v) is 6.15. The lowest BCUT2D eigenvalue weighted by atomic mass is 10.1. The summed E-state index contributed by atoms with van der Waals surface area (Å²) in [7, 11) is 0. The van der Waals surface area contributed by atoms with Crippen LogP contribution in [0.4, 0.5) is 0 Å². The van der Waals surface area contributed by atoms with Crippen molar-refractivity contribution in [3.63, 3.8) is 0 Å². The van der Waals surface area contributed by atoms with Crippen molar-refractivity contribution in [1.82, 2.24) is 14.9 Å². The minimum absolute atomic E-state index is 0.468. The van der Waals surface area contributed by atoms with Crippen LogP contribution in [0.15, 0.2) is 78.4 Å². The SMILES string of the molecule is CCOc1cc(/C=N\n2cnnc2)ccc1OCc1cccc2ccccc12. The number of rotatable bonds is 7. The summed E-state index contributed by atoms with van der Waals surface area (Å²) < 4.78 is 13.4. The van der Waals surface area contributed by atoms with Crippen LogP contribution in [0.5, 0.6) is 11.5 Å². The second kappa shape index (κ2) is 8.35. The summed E-state index contributed by atoms with van der Waals surface area (Å²) in [6.45, 7) is 2.97. The Morgan fingerprint density at radius 3 is 2.61 bits per heavy atom. The Kier molecular flexibility index (Phi) is 5.29. The fraction of sp³-hybridized carbons (Fsp3) is 0.136. The molecule has 1 aromatic heterocycles. The van der Waals surface area contributed by atoms with Crippen molar-refractivity contribution in [2.45, 2.75) is 13.5 Å². The van der Waals surface area contributed by atoms with Gasteiger partial charge in [0.25, 0.3) is 0 Å². The molecule has 0 N–H and O–H groups in total. The molecule has 140 valence electrons. The summed E-state index contributed by atoms with van der Waals surface area (Å²) in [5, 5.41) is 14.1. The van der Waals surface area contributed by atoms with E-state index in [4.69, 9.17) is 9.47 Å². The Morgan fingerprint density at radius 1 is 0.929 bits per heavy atom. The van der Waals surface area contributed by atoms with Gasteiger partial charge in [0.2, 0.25) is 0 Å². The molecule has 0 spiro atoms. The number of nitrogens with zero attached hydrogens (tertiary/aromatic N) is 4. The van der Waals surface area contributed by atoms with Gasteiger partial charge in [-0.1, -0.05) is 42.5 Å². The molecule has 0 aliphatic carbocycles. The van der Waals surface area contributed by atoms with Gasteiger partial charge in [-0.15, -0.1) is 10.2 Å². The summed E-state index contributed by atoms with van der Waals surface area (Å²) >= 11 is 0. The Balaban J connectivity index is 1.55. The minimum atomic E-state index is 0.468. The van der Waals surface area contributed by atoms with Crippen molar-refractivity contribution >= 4 is 17.0 Å². The standard InChI is InChI=1S/C22H20N4O2/c1-2-27-22-12-17(13-25-26-15-23-24-16-26)10-11-21(22)28-14-19-8-5-7-18-6-3-4-9-20(18)19/h3-13,15-16H,2,14H2,1H3/b25-13-. The zero-order valence-corrected chi connectivity index (χ0v) is 15.5. The van der Waals surface area contributed by atoms with E-state index in [1.165, 1.54) is 28.1 Å². The Bertz CT molecular complexity index is 1090. The van der Waals surface area contributed by atoms with E-state index in [0.29, 0.717) is 24.7 Å². The first-order chi connectivity index (χ1) is 13.8. The van der Waals surface area contributed by atoms with E-state index in [1.807, 2.05) is 37.3 Å². The van der Waals surface area contributed by atoms with E-state index >= 15 is 0 Å². The predicted octanol–water partition coefficient (Wildman–Crippen LogP) is 4.29. The molecule has 4 aromatic rings. The van der Waals surface area contributed by atoms with Crippen LogP contribution in [-0.4, -0.2) is 27.7 Å². The normalized spacial score (nSPS) is 11.2. The van der Waals surface area contributed by atoms with Gasteiger partial charge in [-0.05, 0) is 47.0 Å². The molecule has 0 radical (unpaired) electrons. The van der Waals surface area contributed by atoms with Crippen LogP contribution in [0.25, 0.3) is 10.8 Å². The van der Waals surface area contributed by atoms with Crippen LogP contribution >= 0.6 is 0 Å². The van der Waals surface area contributed by atoms with Crippen molar-refractivity contribution < 1.29 is 9.47 Å². The molecule has 28 heavy (non-hydrogen) atoms. The molecule has 6 heteroatoms. The fourth-order valence-corrected chi connectivity index (χ4v) is 2.95. The fourth-order valence-electron chi connectivity index (χ4n) is 2.95. The van der Waals surface area contributed by atoms with Crippen LogP contribution in [0.1, 0.15) is 18.1 Å². The van der Waals surface area contributed by atoms with Gasteiger partial charge in [0, 0.05) is 0 Å². The van der Waals surface area contributed by atoms with Gasteiger partial charge in [0.1, 0.15) is 19.3 Å². The number of ether oxygens (including phenoxy) is 2. The number of aromatic nitrogens is 3. The van der Waals surface area contributed by atoms with E-state index in [9.17, 15) is 0 Å². The third kappa shape index (κ3) is 4.01. The second-order valence-electron chi connectivity index (χ2n) is 6.15. The van der Waals surface area contributed by atoms with Gasteiger partial charge in [-0.25, -0.2) is 4.68 Å². The molecule has 0 unspecified atom stereocenters. The molecule has 0 aliphatic rings. The highest BCUT2D eigenvalue weighted by molar-refractivity contribution is 5.85. The molecule has 0 aliphatic heterocycles. The van der Waals surface area contributed by atoms with Gasteiger partial charge in [0.05, 0.1) is 12.8 Å². The first-order valence-corrected chi connectivity index (χ1v) is 9.09. The first kappa shape index (κ1) is 17.7.